The fourth-order valence-electron chi connectivity index (χ4n) is 2.80. The maximum absolute atomic E-state index is 13.1. The Kier molecular flexibility index (Phi) is 4.37. The van der Waals surface area contributed by atoms with Gasteiger partial charge in [0.2, 0.25) is 0 Å². The number of esters is 1. The van der Waals surface area contributed by atoms with Crippen molar-refractivity contribution in [1.29, 1.82) is 0 Å². The molecule has 2 aromatic heterocycles. The molecule has 0 saturated heterocycles. The molecule has 0 saturated carbocycles. The molecule has 0 spiro atoms. The lowest BCUT2D eigenvalue weighted by atomic mass is 10.1. The number of hydrogen-bond acceptors (Lipinski definition) is 7. The Bertz CT molecular complexity index is 1090. The first-order valence-electron chi connectivity index (χ1n) is 8.08. The largest absolute Gasteiger partial charge is 0.465 e. The van der Waals surface area contributed by atoms with E-state index in [1.165, 1.54) is 27.8 Å². The highest BCUT2D eigenvalue weighted by Gasteiger charge is 2.31. The highest BCUT2D eigenvalue weighted by molar-refractivity contribution is 8.01. The number of nitrogens with zero attached hydrogens (tertiary/aromatic N) is 3. The van der Waals surface area contributed by atoms with Crippen LogP contribution in [0.1, 0.15) is 13.8 Å². The van der Waals surface area contributed by atoms with E-state index in [-0.39, 0.29) is 11.5 Å². The molecule has 1 aliphatic heterocycles. The van der Waals surface area contributed by atoms with E-state index in [9.17, 15) is 9.59 Å². The average molecular weight is 385 g/mol. The molecule has 1 aromatic carbocycles. The summed E-state index contributed by atoms with van der Waals surface area (Å²) in [6, 6.07) is 9.73. The maximum atomic E-state index is 13.1. The fourth-order valence-corrected chi connectivity index (χ4v) is 4.75. The van der Waals surface area contributed by atoms with E-state index in [2.05, 4.69) is 10.1 Å². The third kappa shape index (κ3) is 2.75. The van der Waals surface area contributed by atoms with Crippen LogP contribution in [0.4, 0.5) is 0 Å². The Morgan fingerprint density at radius 3 is 2.81 bits per heavy atom. The van der Waals surface area contributed by atoms with Crippen molar-refractivity contribution in [2.75, 3.05) is 6.61 Å². The van der Waals surface area contributed by atoms with Crippen LogP contribution in [0, 0.1) is 0 Å². The second kappa shape index (κ2) is 6.69. The van der Waals surface area contributed by atoms with Gasteiger partial charge in [0.15, 0.2) is 5.16 Å². The second-order valence-corrected chi connectivity index (χ2v) is 7.63. The number of ether oxygens (including phenoxy) is 1. The van der Waals surface area contributed by atoms with Gasteiger partial charge in [-0.2, -0.15) is 9.78 Å². The first kappa shape index (κ1) is 17.0. The second-order valence-electron chi connectivity index (χ2n) is 5.70. The lowest BCUT2D eigenvalue weighted by molar-refractivity contribution is -0.141. The molecular formula is C18H15N3O3S2. The highest BCUT2D eigenvalue weighted by Crippen LogP contribution is 2.34. The van der Waals surface area contributed by atoms with Crippen molar-refractivity contribution < 1.29 is 9.53 Å². The number of thiophene rings is 1. The van der Waals surface area contributed by atoms with Gasteiger partial charge >= 0.3 is 5.97 Å². The van der Waals surface area contributed by atoms with Crippen molar-refractivity contribution in [3.8, 4) is 11.1 Å². The van der Waals surface area contributed by atoms with E-state index in [1.807, 2.05) is 35.7 Å². The monoisotopic (exact) mass is 385 g/mol. The standard InChI is InChI=1S/C18H15N3O3S2/c1-3-24-17(23)14-10(2)20-21-16(22)13-12(11-7-5-4-6-8-11)9-25-15(13)19-18(21)26-14/h4-9,14H,3H2,1-2H3/t14-/m0/s1. The van der Waals surface area contributed by atoms with Crippen molar-refractivity contribution in [1.82, 2.24) is 9.66 Å². The zero-order chi connectivity index (χ0) is 18.3. The van der Waals surface area contributed by atoms with Crippen molar-refractivity contribution in [2.24, 2.45) is 5.10 Å². The summed E-state index contributed by atoms with van der Waals surface area (Å²) in [5, 5.41) is 6.66. The van der Waals surface area contributed by atoms with E-state index in [1.54, 1.807) is 13.8 Å². The van der Waals surface area contributed by atoms with E-state index in [4.69, 9.17) is 4.74 Å². The summed E-state index contributed by atoms with van der Waals surface area (Å²) in [5.74, 6) is -0.365. The highest BCUT2D eigenvalue weighted by atomic mass is 32.2. The number of aromatic nitrogens is 2. The summed E-state index contributed by atoms with van der Waals surface area (Å²) in [6.45, 7) is 3.78. The molecule has 8 heteroatoms. The van der Waals surface area contributed by atoms with Gasteiger partial charge in [-0.15, -0.1) is 11.3 Å². The van der Waals surface area contributed by atoms with Gasteiger partial charge in [-0.1, -0.05) is 42.1 Å². The van der Waals surface area contributed by atoms with Gasteiger partial charge in [-0.05, 0) is 19.4 Å². The molecule has 26 heavy (non-hydrogen) atoms. The number of fused-ring (bicyclic) bond motifs is 2. The Labute approximate surface area is 157 Å². The summed E-state index contributed by atoms with van der Waals surface area (Å²) < 4.78 is 6.38. The number of hydrogen-bond donors (Lipinski definition) is 0. The Hall–Kier alpha value is -2.45. The third-order valence-electron chi connectivity index (χ3n) is 4.00. The summed E-state index contributed by atoms with van der Waals surface area (Å²) in [7, 11) is 0. The Balaban J connectivity index is 1.87. The SMILES string of the molecule is CCOC(=O)[C@H]1Sc2nc3scc(-c4ccccc4)c3c(=O)n2N=C1C. The lowest BCUT2D eigenvalue weighted by Crippen LogP contribution is -2.34. The summed E-state index contributed by atoms with van der Waals surface area (Å²) in [5.41, 5.74) is 2.12. The molecular weight excluding hydrogens is 370 g/mol. The van der Waals surface area contributed by atoms with Crippen molar-refractivity contribution in [2.45, 2.75) is 24.3 Å². The van der Waals surface area contributed by atoms with Gasteiger partial charge < -0.3 is 4.74 Å². The number of carbonyl (C=O) groups is 1. The quantitative estimate of drug-likeness (QED) is 0.510. The van der Waals surface area contributed by atoms with Crippen LogP contribution in [0.2, 0.25) is 0 Å². The smallest absolute Gasteiger partial charge is 0.325 e. The van der Waals surface area contributed by atoms with Crippen LogP contribution >= 0.6 is 23.1 Å². The minimum atomic E-state index is -0.576. The molecule has 0 radical (unpaired) electrons. The van der Waals surface area contributed by atoms with Crippen molar-refractivity contribution in [3.63, 3.8) is 0 Å². The van der Waals surface area contributed by atoms with Crippen LogP contribution in [0.5, 0.6) is 0 Å². The van der Waals surface area contributed by atoms with Crippen molar-refractivity contribution >= 4 is 45.0 Å². The van der Waals surface area contributed by atoms with E-state index in [0.717, 1.165) is 11.1 Å². The van der Waals surface area contributed by atoms with Gasteiger partial charge in [0.25, 0.3) is 5.56 Å². The molecule has 1 atom stereocenters. The summed E-state index contributed by atoms with van der Waals surface area (Å²) in [6.07, 6.45) is 0. The third-order valence-corrected chi connectivity index (χ3v) is 6.12. The number of benzene rings is 1. The molecule has 6 nitrogen and oxygen atoms in total. The van der Waals surface area contributed by atoms with Crippen LogP contribution in [0.25, 0.3) is 21.3 Å². The Morgan fingerprint density at radius 1 is 1.31 bits per heavy atom. The molecule has 1 aliphatic rings. The molecule has 0 aliphatic carbocycles. The van der Waals surface area contributed by atoms with Crippen LogP contribution in [-0.4, -0.2) is 33.2 Å². The van der Waals surface area contributed by atoms with Gasteiger partial charge in [-0.25, -0.2) is 4.98 Å². The predicted molar refractivity (Wildman–Crippen MR) is 104 cm³/mol. The molecule has 3 aromatic rings. The topological polar surface area (TPSA) is 73.5 Å². The zero-order valence-corrected chi connectivity index (χ0v) is 15.8. The van der Waals surface area contributed by atoms with E-state index >= 15 is 0 Å². The van der Waals surface area contributed by atoms with Gasteiger partial charge in [0.05, 0.1) is 17.7 Å². The average Bonchev–Trinajstić information content (AvgIpc) is 3.07. The first-order valence-corrected chi connectivity index (χ1v) is 9.84. The minimum absolute atomic E-state index is 0.223. The summed E-state index contributed by atoms with van der Waals surface area (Å²) >= 11 is 2.61. The molecule has 3 heterocycles. The van der Waals surface area contributed by atoms with Gasteiger partial charge in [0, 0.05) is 10.9 Å². The molecule has 0 fully saturated rings. The predicted octanol–water partition coefficient (Wildman–Crippen LogP) is 3.39. The minimum Gasteiger partial charge on any atom is -0.465 e. The van der Waals surface area contributed by atoms with Crippen LogP contribution in [0.15, 0.2) is 50.8 Å². The fraction of sp³-hybridized carbons (Fsp3) is 0.222. The van der Waals surface area contributed by atoms with Crippen LogP contribution < -0.4 is 5.56 Å². The Morgan fingerprint density at radius 2 is 2.08 bits per heavy atom. The molecule has 0 bridgehead atoms. The normalized spacial score (nSPS) is 16.2. The molecule has 0 unspecified atom stereocenters. The van der Waals surface area contributed by atoms with Gasteiger partial charge in [0.1, 0.15) is 10.1 Å². The van der Waals surface area contributed by atoms with Crippen molar-refractivity contribution in [3.05, 3.63) is 46.1 Å². The maximum Gasteiger partial charge on any atom is 0.325 e. The molecule has 132 valence electrons. The molecule has 0 N–H and O–H groups in total. The number of carbonyl (C=O) groups excluding carboxylic acids is 1. The lowest BCUT2D eigenvalue weighted by Gasteiger charge is -2.20. The summed E-state index contributed by atoms with van der Waals surface area (Å²) in [4.78, 5) is 30.4. The zero-order valence-electron chi connectivity index (χ0n) is 14.1. The van der Waals surface area contributed by atoms with E-state index in [0.29, 0.717) is 27.7 Å². The van der Waals surface area contributed by atoms with Crippen LogP contribution in [0.3, 0.4) is 0 Å². The number of rotatable bonds is 3. The molecule has 0 amide bonds. The molecule has 4 rings (SSSR count). The van der Waals surface area contributed by atoms with E-state index < -0.39 is 5.25 Å². The van der Waals surface area contributed by atoms with Gasteiger partial charge in [-0.3, -0.25) is 9.59 Å². The van der Waals surface area contributed by atoms with Crippen LogP contribution in [-0.2, 0) is 9.53 Å². The number of thioether (sulfide) groups is 1. The first-order chi connectivity index (χ1) is 12.6.